The third kappa shape index (κ3) is 2.59. The van der Waals surface area contributed by atoms with Crippen molar-refractivity contribution in [3.63, 3.8) is 0 Å². The number of pyridine rings is 1. The Hall–Kier alpha value is -1.29. The van der Waals surface area contributed by atoms with Crippen molar-refractivity contribution in [1.29, 1.82) is 0 Å². The van der Waals surface area contributed by atoms with Crippen LogP contribution in [0.5, 0.6) is 11.6 Å². The van der Waals surface area contributed by atoms with Crippen LogP contribution in [-0.2, 0) is 0 Å². The molecule has 0 radical (unpaired) electrons. The summed E-state index contributed by atoms with van der Waals surface area (Å²) >= 11 is 0. The summed E-state index contributed by atoms with van der Waals surface area (Å²) in [5.41, 5.74) is 5.82. The van der Waals surface area contributed by atoms with Gasteiger partial charge in [-0.1, -0.05) is 0 Å². The molecule has 4 heteroatoms. The normalized spacial score (nSPS) is 25.2. The predicted molar refractivity (Wildman–Crippen MR) is 57.0 cm³/mol. The summed E-state index contributed by atoms with van der Waals surface area (Å²) in [4.78, 5) is 4.02. The van der Waals surface area contributed by atoms with Crippen molar-refractivity contribution < 1.29 is 9.47 Å². The number of hydrogen-bond donors (Lipinski definition) is 1. The van der Waals surface area contributed by atoms with Gasteiger partial charge in [0, 0.05) is 18.3 Å². The minimum Gasteiger partial charge on any atom is -0.490 e. The van der Waals surface area contributed by atoms with Crippen LogP contribution in [0.4, 0.5) is 0 Å². The van der Waals surface area contributed by atoms with E-state index in [4.69, 9.17) is 15.2 Å². The fraction of sp³-hybridized carbons (Fsp3) is 0.545. The zero-order chi connectivity index (χ0) is 10.7. The van der Waals surface area contributed by atoms with Crippen molar-refractivity contribution in [2.24, 2.45) is 5.73 Å². The van der Waals surface area contributed by atoms with Gasteiger partial charge >= 0.3 is 0 Å². The van der Waals surface area contributed by atoms with E-state index in [1.807, 2.05) is 6.07 Å². The van der Waals surface area contributed by atoms with E-state index >= 15 is 0 Å². The first-order valence-corrected chi connectivity index (χ1v) is 5.20. The van der Waals surface area contributed by atoms with E-state index in [-0.39, 0.29) is 6.10 Å². The van der Waals surface area contributed by atoms with Gasteiger partial charge in [-0.15, -0.1) is 0 Å². The summed E-state index contributed by atoms with van der Waals surface area (Å²) in [6.45, 7) is 0. The van der Waals surface area contributed by atoms with Gasteiger partial charge in [-0.25, -0.2) is 4.98 Å². The van der Waals surface area contributed by atoms with Crippen LogP contribution < -0.4 is 15.2 Å². The Bertz CT molecular complexity index is 330. The monoisotopic (exact) mass is 208 g/mol. The summed E-state index contributed by atoms with van der Waals surface area (Å²) in [7, 11) is 1.59. The second kappa shape index (κ2) is 4.49. The number of nitrogens with zero attached hydrogens (tertiary/aromatic N) is 1. The molecule has 82 valence electrons. The van der Waals surface area contributed by atoms with Gasteiger partial charge in [0.25, 0.3) is 0 Å². The van der Waals surface area contributed by atoms with Crippen molar-refractivity contribution in [2.45, 2.75) is 31.4 Å². The molecule has 1 heterocycles. The van der Waals surface area contributed by atoms with Crippen molar-refractivity contribution in [2.75, 3.05) is 7.11 Å². The number of aromatic nitrogens is 1. The van der Waals surface area contributed by atoms with E-state index < -0.39 is 0 Å². The highest BCUT2D eigenvalue weighted by Gasteiger charge is 2.23. The molecule has 1 aromatic rings. The third-order valence-corrected chi connectivity index (χ3v) is 2.64. The Labute approximate surface area is 89.4 Å². The van der Waals surface area contributed by atoms with E-state index in [0.29, 0.717) is 11.9 Å². The molecule has 1 aliphatic rings. The summed E-state index contributed by atoms with van der Waals surface area (Å²) in [5.74, 6) is 1.38. The standard InChI is InChI=1S/C11H16N2O2/c1-14-11-7-10(4-5-13-11)15-9-3-2-8(12)6-9/h4-5,7-9H,2-3,6,12H2,1H3. The Morgan fingerprint density at radius 3 is 3.00 bits per heavy atom. The van der Waals surface area contributed by atoms with Crippen LogP contribution in [0.3, 0.4) is 0 Å². The van der Waals surface area contributed by atoms with Crippen LogP contribution in [-0.4, -0.2) is 24.2 Å². The molecule has 0 amide bonds. The molecule has 2 N–H and O–H groups in total. The summed E-state index contributed by atoms with van der Waals surface area (Å²) in [5, 5.41) is 0. The van der Waals surface area contributed by atoms with Gasteiger partial charge in [0.2, 0.25) is 5.88 Å². The maximum atomic E-state index is 5.82. The minimum absolute atomic E-state index is 0.243. The summed E-state index contributed by atoms with van der Waals surface area (Å²) in [6.07, 6.45) is 4.94. The molecular formula is C11H16N2O2. The number of ether oxygens (including phenoxy) is 2. The molecule has 15 heavy (non-hydrogen) atoms. The SMILES string of the molecule is COc1cc(OC2CCC(N)C2)ccn1. The van der Waals surface area contributed by atoms with Crippen molar-refractivity contribution in [3.05, 3.63) is 18.3 Å². The molecule has 1 aliphatic carbocycles. The van der Waals surface area contributed by atoms with Crippen LogP contribution >= 0.6 is 0 Å². The van der Waals surface area contributed by atoms with Gasteiger partial charge in [-0.2, -0.15) is 0 Å². The highest BCUT2D eigenvalue weighted by atomic mass is 16.5. The lowest BCUT2D eigenvalue weighted by Gasteiger charge is -2.13. The minimum atomic E-state index is 0.243. The number of rotatable bonds is 3. The molecule has 4 nitrogen and oxygen atoms in total. The molecule has 2 atom stereocenters. The van der Waals surface area contributed by atoms with Crippen LogP contribution in [0.2, 0.25) is 0 Å². The molecule has 2 rings (SSSR count). The maximum absolute atomic E-state index is 5.82. The largest absolute Gasteiger partial charge is 0.490 e. The van der Waals surface area contributed by atoms with E-state index in [9.17, 15) is 0 Å². The first-order valence-electron chi connectivity index (χ1n) is 5.20. The average molecular weight is 208 g/mol. The Kier molecular flexibility index (Phi) is 3.06. The van der Waals surface area contributed by atoms with Gasteiger partial charge < -0.3 is 15.2 Å². The fourth-order valence-corrected chi connectivity index (χ4v) is 1.85. The average Bonchev–Trinajstić information content (AvgIpc) is 2.64. The Balaban J connectivity index is 1.98. The summed E-state index contributed by atoms with van der Waals surface area (Å²) in [6, 6.07) is 3.93. The van der Waals surface area contributed by atoms with Gasteiger partial charge in [0.15, 0.2) is 0 Å². The van der Waals surface area contributed by atoms with E-state index in [1.165, 1.54) is 0 Å². The Morgan fingerprint density at radius 2 is 2.33 bits per heavy atom. The lowest BCUT2D eigenvalue weighted by Crippen LogP contribution is -2.19. The third-order valence-electron chi connectivity index (χ3n) is 2.64. The first kappa shape index (κ1) is 10.2. The molecule has 1 aromatic heterocycles. The molecule has 0 spiro atoms. The molecule has 0 saturated heterocycles. The molecule has 0 aromatic carbocycles. The topological polar surface area (TPSA) is 57.4 Å². The molecule has 1 saturated carbocycles. The van der Waals surface area contributed by atoms with Gasteiger partial charge in [-0.05, 0) is 25.3 Å². The lowest BCUT2D eigenvalue weighted by atomic mass is 10.3. The van der Waals surface area contributed by atoms with E-state index in [1.54, 1.807) is 19.4 Å². The zero-order valence-electron chi connectivity index (χ0n) is 8.85. The first-order chi connectivity index (χ1) is 7.28. The van der Waals surface area contributed by atoms with Gasteiger partial charge in [-0.3, -0.25) is 0 Å². The molecule has 2 unspecified atom stereocenters. The van der Waals surface area contributed by atoms with Gasteiger partial charge in [0.1, 0.15) is 11.9 Å². The predicted octanol–water partition coefficient (Wildman–Crippen LogP) is 1.35. The highest BCUT2D eigenvalue weighted by Crippen LogP contribution is 2.24. The molecule has 0 bridgehead atoms. The quantitative estimate of drug-likeness (QED) is 0.814. The van der Waals surface area contributed by atoms with E-state index in [0.717, 1.165) is 25.0 Å². The van der Waals surface area contributed by atoms with Crippen molar-refractivity contribution in [3.8, 4) is 11.6 Å². The molecule has 0 aliphatic heterocycles. The maximum Gasteiger partial charge on any atom is 0.216 e. The molecular weight excluding hydrogens is 192 g/mol. The highest BCUT2D eigenvalue weighted by molar-refractivity contribution is 5.26. The van der Waals surface area contributed by atoms with Crippen molar-refractivity contribution in [1.82, 2.24) is 4.98 Å². The summed E-state index contributed by atoms with van der Waals surface area (Å²) < 4.78 is 10.8. The number of hydrogen-bond acceptors (Lipinski definition) is 4. The Morgan fingerprint density at radius 1 is 1.47 bits per heavy atom. The fourth-order valence-electron chi connectivity index (χ4n) is 1.85. The molecule has 1 fully saturated rings. The smallest absolute Gasteiger partial charge is 0.216 e. The second-order valence-corrected chi connectivity index (χ2v) is 3.85. The number of nitrogens with two attached hydrogens (primary N) is 1. The second-order valence-electron chi connectivity index (χ2n) is 3.85. The van der Waals surface area contributed by atoms with Crippen LogP contribution in [0, 0.1) is 0 Å². The van der Waals surface area contributed by atoms with E-state index in [2.05, 4.69) is 4.98 Å². The zero-order valence-corrected chi connectivity index (χ0v) is 8.85. The van der Waals surface area contributed by atoms with Crippen LogP contribution in [0.1, 0.15) is 19.3 Å². The van der Waals surface area contributed by atoms with Crippen LogP contribution in [0.15, 0.2) is 18.3 Å². The van der Waals surface area contributed by atoms with Crippen molar-refractivity contribution >= 4 is 0 Å². The van der Waals surface area contributed by atoms with Gasteiger partial charge in [0.05, 0.1) is 7.11 Å². The lowest BCUT2D eigenvalue weighted by molar-refractivity contribution is 0.207. The number of methoxy groups -OCH3 is 1. The van der Waals surface area contributed by atoms with Crippen LogP contribution in [0.25, 0.3) is 0 Å².